The van der Waals surface area contributed by atoms with E-state index in [9.17, 15) is 13.2 Å². The molecule has 3 rings (SSSR count). The first-order valence-corrected chi connectivity index (χ1v) is 10.6. The molecule has 2 heterocycles. The first-order chi connectivity index (χ1) is 13.3. The van der Waals surface area contributed by atoms with Gasteiger partial charge < -0.3 is 9.84 Å². The summed E-state index contributed by atoms with van der Waals surface area (Å²) in [5, 5.41) is 7.26. The van der Waals surface area contributed by atoms with Crippen molar-refractivity contribution in [1.29, 1.82) is 0 Å². The molecule has 152 valence electrons. The summed E-state index contributed by atoms with van der Waals surface area (Å²) in [6.45, 7) is 0.654. The summed E-state index contributed by atoms with van der Waals surface area (Å²) >= 11 is 5.86. The van der Waals surface area contributed by atoms with Crippen molar-refractivity contribution in [2.45, 2.75) is 19.4 Å². The fourth-order valence-electron chi connectivity index (χ4n) is 2.95. The van der Waals surface area contributed by atoms with Gasteiger partial charge in [-0.3, -0.25) is 4.79 Å². The van der Waals surface area contributed by atoms with Gasteiger partial charge in [-0.15, -0.1) is 0 Å². The Morgan fingerprint density at radius 1 is 1.36 bits per heavy atom. The van der Waals surface area contributed by atoms with E-state index in [1.807, 2.05) is 0 Å². The molecule has 11 heteroatoms. The average molecular weight is 428 g/mol. The van der Waals surface area contributed by atoms with E-state index >= 15 is 0 Å². The van der Waals surface area contributed by atoms with Gasteiger partial charge >= 0.3 is 0 Å². The molecule has 1 saturated heterocycles. The third-order valence-electron chi connectivity index (χ3n) is 4.53. The van der Waals surface area contributed by atoms with Crippen molar-refractivity contribution >= 4 is 27.7 Å². The number of nitrogens with zero attached hydrogens (tertiary/aromatic N) is 4. The predicted octanol–water partition coefficient (Wildman–Crippen LogP) is 1.52. The van der Waals surface area contributed by atoms with Crippen molar-refractivity contribution in [3.05, 3.63) is 35.2 Å². The Morgan fingerprint density at radius 3 is 2.75 bits per heavy atom. The van der Waals surface area contributed by atoms with E-state index in [-0.39, 0.29) is 24.9 Å². The van der Waals surface area contributed by atoms with Crippen molar-refractivity contribution in [1.82, 2.24) is 24.1 Å². The maximum absolute atomic E-state index is 12.5. The van der Waals surface area contributed by atoms with Gasteiger partial charge in [0.1, 0.15) is 0 Å². The third-order valence-corrected chi connectivity index (χ3v) is 6.69. The van der Waals surface area contributed by atoms with Crippen LogP contribution in [0.5, 0.6) is 0 Å². The molecular formula is C17H22ClN5O4S. The topological polar surface area (TPSA) is 109 Å². The number of rotatable bonds is 6. The van der Waals surface area contributed by atoms with Crippen molar-refractivity contribution in [3.63, 3.8) is 0 Å². The van der Waals surface area contributed by atoms with Gasteiger partial charge in [-0.05, 0) is 37.1 Å². The number of carbonyl (C=O) groups is 1. The van der Waals surface area contributed by atoms with Crippen molar-refractivity contribution in [3.8, 4) is 11.4 Å². The van der Waals surface area contributed by atoms with E-state index in [2.05, 4.69) is 15.5 Å². The van der Waals surface area contributed by atoms with Crippen LogP contribution < -0.4 is 5.32 Å². The number of nitrogens with one attached hydrogen (secondary N) is 1. The SMILES string of the molecule is CN(C)S(=O)(=O)N1CCC[C@H](C(=O)NCc2nc(-c3ccc(Cl)cc3)no2)C1. The molecule has 1 aliphatic heterocycles. The Morgan fingerprint density at radius 2 is 2.07 bits per heavy atom. The zero-order valence-electron chi connectivity index (χ0n) is 15.6. The van der Waals surface area contributed by atoms with Crippen LogP contribution in [0.4, 0.5) is 0 Å². The van der Waals surface area contributed by atoms with Crippen molar-refractivity contribution in [2.75, 3.05) is 27.2 Å². The molecule has 9 nitrogen and oxygen atoms in total. The Bertz CT molecular complexity index is 929. The number of hydrogen-bond acceptors (Lipinski definition) is 6. The van der Waals surface area contributed by atoms with Crippen molar-refractivity contribution < 1.29 is 17.7 Å². The van der Waals surface area contributed by atoms with E-state index in [1.54, 1.807) is 24.3 Å². The van der Waals surface area contributed by atoms with Gasteiger partial charge in [0.2, 0.25) is 17.6 Å². The zero-order valence-corrected chi connectivity index (χ0v) is 17.2. The van der Waals surface area contributed by atoms with Gasteiger partial charge in [0, 0.05) is 37.8 Å². The molecule has 1 amide bonds. The quantitative estimate of drug-likeness (QED) is 0.748. The van der Waals surface area contributed by atoms with E-state index in [0.717, 1.165) is 9.87 Å². The summed E-state index contributed by atoms with van der Waals surface area (Å²) in [5.41, 5.74) is 0.752. The minimum Gasteiger partial charge on any atom is -0.347 e. The normalized spacial score (nSPS) is 18.4. The molecule has 0 radical (unpaired) electrons. The molecule has 0 saturated carbocycles. The minimum atomic E-state index is -3.53. The highest BCUT2D eigenvalue weighted by Crippen LogP contribution is 2.21. The number of benzene rings is 1. The molecule has 0 bridgehead atoms. The van der Waals surface area contributed by atoms with Gasteiger partial charge in [-0.1, -0.05) is 16.8 Å². The lowest BCUT2D eigenvalue weighted by Gasteiger charge is -2.32. The summed E-state index contributed by atoms with van der Waals surface area (Å²) < 4.78 is 32.2. The number of amides is 1. The largest absolute Gasteiger partial charge is 0.347 e. The molecule has 0 spiro atoms. The smallest absolute Gasteiger partial charge is 0.281 e. The number of carbonyl (C=O) groups excluding carboxylic acids is 1. The lowest BCUT2D eigenvalue weighted by molar-refractivity contribution is -0.126. The lowest BCUT2D eigenvalue weighted by atomic mass is 9.99. The maximum Gasteiger partial charge on any atom is 0.281 e. The number of hydrogen-bond donors (Lipinski definition) is 1. The van der Waals surface area contributed by atoms with E-state index in [4.69, 9.17) is 16.1 Å². The van der Waals surface area contributed by atoms with E-state index in [1.165, 1.54) is 18.4 Å². The Labute approximate surface area is 168 Å². The van der Waals surface area contributed by atoms with Gasteiger partial charge in [-0.25, -0.2) is 0 Å². The third kappa shape index (κ3) is 4.69. The average Bonchev–Trinajstić information content (AvgIpc) is 3.15. The molecule has 2 aromatic rings. The number of halogens is 1. The van der Waals surface area contributed by atoms with Crippen LogP contribution in [0.1, 0.15) is 18.7 Å². The van der Waals surface area contributed by atoms with Gasteiger partial charge in [-0.2, -0.15) is 22.0 Å². The van der Waals surface area contributed by atoms with Crippen LogP contribution in [0, 0.1) is 5.92 Å². The van der Waals surface area contributed by atoms with Crippen LogP contribution in [-0.2, 0) is 21.5 Å². The zero-order chi connectivity index (χ0) is 20.3. The van der Waals surface area contributed by atoms with Crippen LogP contribution >= 0.6 is 11.6 Å². The standard InChI is InChI=1S/C17H22ClN5O4S/c1-22(2)28(25,26)23-9-3-4-13(11-23)17(24)19-10-15-20-16(21-27-15)12-5-7-14(18)8-6-12/h5-8,13H,3-4,9-11H2,1-2H3,(H,19,24)/t13-/m0/s1. The van der Waals surface area contributed by atoms with Gasteiger partial charge in [0.05, 0.1) is 12.5 Å². The summed E-state index contributed by atoms with van der Waals surface area (Å²) in [7, 11) is -0.569. The summed E-state index contributed by atoms with van der Waals surface area (Å²) in [4.78, 5) is 16.7. The minimum absolute atomic E-state index is 0.0797. The van der Waals surface area contributed by atoms with E-state index in [0.29, 0.717) is 30.2 Å². The van der Waals surface area contributed by atoms with Crippen LogP contribution in [0.25, 0.3) is 11.4 Å². The summed E-state index contributed by atoms with van der Waals surface area (Å²) in [6, 6.07) is 7.01. The van der Waals surface area contributed by atoms with Gasteiger partial charge in [0.25, 0.3) is 10.2 Å². The molecule has 1 N–H and O–H groups in total. The molecule has 1 aliphatic rings. The molecular weight excluding hydrogens is 406 g/mol. The maximum atomic E-state index is 12.5. The highest BCUT2D eigenvalue weighted by Gasteiger charge is 2.33. The predicted molar refractivity (Wildman–Crippen MR) is 103 cm³/mol. The highest BCUT2D eigenvalue weighted by atomic mass is 35.5. The Hall–Kier alpha value is -2.01. The highest BCUT2D eigenvalue weighted by molar-refractivity contribution is 7.86. The molecule has 0 aliphatic carbocycles. The molecule has 0 unspecified atom stereocenters. The Balaban J connectivity index is 1.58. The summed E-state index contributed by atoms with van der Waals surface area (Å²) in [6.07, 6.45) is 1.26. The van der Waals surface area contributed by atoms with Gasteiger partial charge in [0.15, 0.2) is 0 Å². The molecule has 1 aromatic carbocycles. The van der Waals surface area contributed by atoms with E-state index < -0.39 is 16.1 Å². The lowest BCUT2D eigenvalue weighted by Crippen LogP contribution is -2.48. The summed E-state index contributed by atoms with van der Waals surface area (Å²) in [5.74, 6) is 0.0285. The fourth-order valence-corrected chi connectivity index (χ4v) is 4.26. The number of aromatic nitrogens is 2. The van der Waals surface area contributed by atoms with Crippen LogP contribution in [-0.4, -0.2) is 60.3 Å². The van der Waals surface area contributed by atoms with Crippen LogP contribution in [0.2, 0.25) is 5.02 Å². The molecule has 28 heavy (non-hydrogen) atoms. The molecule has 1 atom stereocenters. The second-order valence-electron chi connectivity index (χ2n) is 6.72. The molecule has 1 aromatic heterocycles. The Kier molecular flexibility index (Phi) is 6.33. The number of piperidine rings is 1. The fraction of sp³-hybridized carbons (Fsp3) is 0.471. The van der Waals surface area contributed by atoms with Crippen LogP contribution in [0.3, 0.4) is 0 Å². The first-order valence-electron chi connectivity index (χ1n) is 8.81. The second kappa shape index (κ2) is 8.56. The monoisotopic (exact) mass is 427 g/mol. The van der Waals surface area contributed by atoms with Crippen molar-refractivity contribution in [2.24, 2.45) is 5.92 Å². The molecule has 1 fully saturated rings. The first kappa shape index (κ1) is 20.7. The second-order valence-corrected chi connectivity index (χ2v) is 9.30. The van der Waals surface area contributed by atoms with Crippen LogP contribution in [0.15, 0.2) is 28.8 Å².